The van der Waals surface area contributed by atoms with Crippen LogP contribution in [0.5, 0.6) is 0 Å². The molecule has 1 aromatic carbocycles. The standard InChI is InChI=1S/C18H17ClN4O2/c1-4-25-18(24)15-17(23-9-5-6-12(3)16(23)20-15)22-21-14-10-13(19)8-7-11(14)2/h5-10H,4H2,1-3H3. The highest BCUT2D eigenvalue weighted by Crippen LogP contribution is 2.28. The van der Waals surface area contributed by atoms with Crippen LogP contribution in [0.2, 0.25) is 5.02 Å². The Hall–Kier alpha value is -2.73. The molecule has 0 saturated carbocycles. The van der Waals surface area contributed by atoms with Crippen LogP contribution < -0.4 is 0 Å². The topological polar surface area (TPSA) is 68.3 Å². The quantitative estimate of drug-likeness (QED) is 0.476. The number of rotatable bonds is 4. The van der Waals surface area contributed by atoms with Crippen LogP contribution in [-0.4, -0.2) is 22.0 Å². The molecule has 0 aliphatic carbocycles. The van der Waals surface area contributed by atoms with E-state index in [0.717, 1.165) is 11.1 Å². The second kappa shape index (κ2) is 7.03. The number of aryl methyl sites for hydroxylation is 2. The van der Waals surface area contributed by atoms with Gasteiger partial charge in [-0.15, -0.1) is 10.2 Å². The van der Waals surface area contributed by atoms with Crippen molar-refractivity contribution in [2.75, 3.05) is 6.61 Å². The lowest BCUT2D eigenvalue weighted by Gasteiger charge is -2.01. The number of halogens is 1. The van der Waals surface area contributed by atoms with E-state index in [9.17, 15) is 4.79 Å². The third kappa shape index (κ3) is 3.39. The van der Waals surface area contributed by atoms with Crippen molar-refractivity contribution in [2.24, 2.45) is 10.2 Å². The summed E-state index contributed by atoms with van der Waals surface area (Å²) in [7, 11) is 0. The van der Waals surface area contributed by atoms with Crippen LogP contribution in [0.1, 0.15) is 28.5 Å². The van der Waals surface area contributed by atoms with Gasteiger partial charge in [-0.3, -0.25) is 4.40 Å². The average molecular weight is 357 g/mol. The summed E-state index contributed by atoms with van der Waals surface area (Å²) in [5.74, 6) is -0.195. The van der Waals surface area contributed by atoms with Crippen molar-refractivity contribution in [1.29, 1.82) is 0 Å². The second-order valence-electron chi connectivity index (χ2n) is 5.52. The van der Waals surface area contributed by atoms with Gasteiger partial charge in [-0.1, -0.05) is 23.7 Å². The zero-order chi connectivity index (χ0) is 18.0. The van der Waals surface area contributed by atoms with Gasteiger partial charge in [0.1, 0.15) is 5.65 Å². The molecule has 2 heterocycles. The number of hydrogen-bond acceptors (Lipinski definition) is 5. The van der Waals surface area contributed by atoms with Crippen LogP contribution in [0.25, 0.3) is 5.65 Å². The van der Waals surface area contributed by atoms with Crippen LogP contribution in [0.15, 0.2) is 46.8 Å². The Bertz CT molecular complexity index is 979. The van der Waals surface area contributed by atoms with E-state index in [-0.39, 0.29) is 12.3 Å². The van der Waals surface area contributed by atoms with E-state index in [1.807, 2.05) is 32.0 Å². The number of carbonyl (C=O) groups is 1. The van der Waals surface area contributed by atoms with Gasteiger partial charge >= 0.3 is 5.97 Å². The number of benzene rings is 1. The summed E-state index contributed by atoms with van der Waals surface area (Å²) in [5.41, 5.74) is 3.26. The van der Waals surface area contributed by atoms with Crippen molar-refractivity contribution in [3.63, 3.8) is 0 Å². The Balaban J connectivity index is 2.14. The lowest BCUT2D eigenvalue weighted by atomic mass is 10.2. The van der Waals surface area contributed by atoms with E-state index in [0.29, 0.717) is 22.2 Å². The van der Waals surface area contributed by atoms with Crippen molar-refractivity contribution in [3.05, 3.63) is 58.4 Å². The summed E-state index contributed by atoms with van der Waals surface area (Å²) in [4.78, 5) is 16.6. The minimum absolute atomic E-state index is 0.139. The molecule has 0 unspecified atom stereocenters. The number of ether oxygens (including phenoxy) is 1. The summed E-state index contributed by atoms with van der Waals surface area (Å²) in [6.07, 6.45) is 1.79. The molecule has 128 valence electrons. The van der Waals surface area contributed by atoms with Gasteiger partial charge in [0.2, 0.25) is 0 Å². The van der Waals surface area contributed by atoms with Crippen LogP contribution in [0, 0.1) is 13.8 Å². The normalized spacial score (nSPS) is 11.4. The number of pyridine rings is 1. The smallest absolute Gasteiger partial charge is 0.360 e. The van der Waals surface area contributed by atoms with E-state index >= 15 is 0 Å². The first-order chi connectivity index (χ1) is 12.0. The zero-order valence-electron chi connectivity index (χ0n) is 14.2. The predicted molar refractivity (Wildman–Crippen MR) is 96.3 cm³/mol. The van der Waals surface area contributed by atoms with Gasteiger partial charge < -0.3 is 4.74 Å². The molecule has 0 N–H and O–H groups in total. The van der Waals surface area contributed by atoms with E-state index < -0.39 is 5.97 Å². The third-order valence-corrected chi connectivity index (χ3v) is 3.95. The minimum Gasteiger partial charge on any atom is -0.461 e. The van der Waals surface area contributed by atoms with E-state index in [2.05, 4.69) is 15.2 Å². The molecule has 7 heteroatoms. The first kappa shape index (κ1) is 17.1. The fourth-order valence-corrected chi connectivity index (χ4v) is 2.58. The highest BCUT2D eigenvalue weighted by molar-refractivity contribution is 6.30. The number of hydrogen-bond donors (Lipinski definition) is 0. The Morgan fingerprint density at radius 2 is 2.04 bits per heavy atom. The second-order valence-corrected chi connectivity index (χ2v) is 5.96. The predicted octanol–water partition coefficient (Wildman–Crippen LogP) is 5.20. The average Bonchev–Trinajstić information content (AvgIpc) is 2.96. The summed E-state index contributed by atoms with van der Waals surface area (Å²) >= 11 is 6.02. The number of fused-ring (bicyclic) bond motifs is 1. The molecule has 0 spiro atoms. The van der Waals surface area contributed by atoms with Crippen LogP contribution in [0.3, 0.4) is 0 Å². The molecular formula is C18H17ClN4O2. The molecule has 0 bridgehead atoms. The van der Waals surface area contributed by atoms with Gasteiger partial charge in [0, 0.05) is 11.2 Å². The number of nitrogens with zero attached hydrogens (tertiary/aromatic N) is 4. The molecule has 25 heavy (non-hydrogen) atoms. The molecule has 2 aromatic heterocycles. The molecule has 0 saturated heterocycles. The molecular weight excluding hydrogens is 340 g/mol. The van der Waals surface area contributed by atoms with Gasteiger partial charge in [0.25, 0.3) is 0 Å². The lowest BCUT2D eigenvalue weighted by molar-refractivity contribution is 0.0521. The fraction of sp³-hybridized carbons (Fsp3) is 0.222. The van der Waals surface area contributed by atoms with E-state index in [1.54, 1.807) is 29.7 Å². The monoisotopic (exact) mass is 356 g/mol. The molecule has 6 nitrogen and oxygen atoms in total. The largest absolute Gasteiger partial charge is 0.461 e. The molecule has 0 fully saturated rings. The molecule has 0 atom stereocenters. The zero-order valence-corrected chi connectivity index (χ0v) is 14.9. The van der Waals surface area contributed by atoms with Crippen molar-refractivity contribution >= 4 is 34.7 Å². The van der Waals surface area contributed by atoms with Crippen LogP contribution in [-0.2, 0) is 4.74 Å². The number of imidazole rings is 1. The maximum absolute atomic E-state index is 12.3. The Labute approximate surface area is 150 Å². The molecule has 0 amide bonds. The summed E-state index contributed by atoms with van der Waals surface area (Å²) < 4.78 is 6.82. The molecule has 3 aromatic rings. The third-order valence-electron chi connectivity index (χ3n) is 3.71. The molecule has 0 aliphatic rings. The fourth-order valence-electron chi connectivity index (χ4n) is 2.41. The molecule has 0 radical (unpaired) electrons. The van der Waals surface area contributed by atoms with Gasteiger partial charge in [-0.2, -0.15) is 0 Å². The van der Waals surface area contributed by atoms with Crippen molar-refractivity contribution in [2.45, 2.75) is 20.8 Å². The van der Waals surface area contributed by atoms with E-state index in [1.165, 1.54) is 0 Å². The summed E-state index contributed by atoms with van der Waals surface area (Å²) in [6.45, 7) is 5.83. The number of carbonyl (C=O) groups excluding carboxylic acids is 1. The first-order valence-electron chi connectivity index (χ1n) is 7.84. The van der Waals surface area contributed by atoms with Crippen molar-refractivity contribution in [1.82, 2.24) is 9.38 Å². The summed E-state index contributed by atoms with van der Waals surface area (Å²) in [5, 5.41) is 9.11. The maximum Gasteiger partial charge on any atom is 0.360 e. The van der Waals surface area contributed by atoms with Gasteiger partial charge in [0.15, 0.2) is 11.5 Å². The van der Waals surface area contributed by atoms with Crippen LogP contribution >= 0.6 is 11.6 Å². The van der Waals surface area contributed by atoms with Crippen LogP contribution in [0.4, 0.5) is 11.5 Å². The van der Waals surface area contributed by atoms with Gasteiger partial charge in [-0.05, 0) is 50.1 Å². The highest BCUT2D eigenvalue weighted by Gasteiger charge is 2.21. The highest BCUT2D eigenvalue weighted by atomic mass is 35.5. The van der Waals surface area contributed by atoms with Gasteiger partial charge in [-0.25, -0.2) is 9.78 Å². The molecule has 0 aliphatic heterocycles. The molecule has 3 rings (SSSR count). The van der Waals surface area contributed by atoms with Crippen molar-refractivity contribution < 1.29 is 9.53 Å². The summed E-state index contributed by atoms with van der Waals surface area (Å²) in [6, 6.07) is 9.15. The lowest BCUT2D eigenvalue weighted by Crippen LogP contribution is -2.05. The van der Waals surface area contributed by atoms with Gasteiger partial charge in [0.05, 0.1) is 12.3 Å². The number of esters is 1. The number of azo groups is 1. The van der Waals surface area contributed by atoms with E-state index in [4.69, 9.17) is 16.3 Å². The Kier molecular flexibility index (Phi) is 4.81. The minimum atomic E-state index is -0.526. The SMILES string of the molecule is CCOC(=O)c1nc2c(C)cccn2c1N=Nc1cc(Cl)ccc1C. The Morgan fingerprint density at radius 3 is 2.80 bits per heavy atom. The van der Waals surface area contributed by atoms with Crippen molar-refractivity contribution in [3.8, 4) is 0 Å². The Morgan fingerprint density at radius 1 is 1.24 bits per heavy atom. The number of aromatic nitrogens is 2. The maximum atomic E-state index is 12.3. The first-order valence-corrected chi connectivity index (χ1v) is 8.21.